The number of guanidine groups is 1. The van der Waals surface area contributed by atoms with Crippen molar-refractivity contribution in [1.82, 2.24) is 16.0 Å². The zero-order chi connectivity index (χ0) is 18.9. The summed E-state index contributed by atoms with van der Waals surface area (Å²) in [5.74, 6) is 1.08. The highest BCUT2D eigenvalue weighted by Crippen LogP contribution is 2.27. The number of nitrogens with one attached hydrogen (secondary N) is 3. The minimum absolute atomic E-state index is 0.0869. The van der Waals surface area contributed by atoms with Gasteiger partial charge in [0.1, 0.15) is 5.75 Å². The number of hydrogen-bond acceptors (Lipinski definition) is 3. The summed E-state index contributed by atoms with van der Waals surface area (Å²) >= 11 is 11.9. The highest BCUT2D eigenvalue weighted by Gasteiger charge is 2.13. The number of carbonyl (C=O) groups excluding carboxylic acids is 1. The SMILES string of the molecule is CN=C(NCCCOc1ccc(Cl)cc1Cl)NCC(=O)NC(C)(C)C. The van der Waals surface area contributed by atoms with Gasteiger partial charge in [-0.05, 0) is 45.4 Å². The molecule has 0 bridgehead atoms. The molecule has 8 heteroatoms. The first-order chi connectivity index (χ1) is 11.7. The van der Waals surface area contributed by atoms with Crippen LogP contribution in [-0.2, 0) is 4.79 Å². The van der Waals surface area contributed by atoms with Crippen LogP contribution in [0.25, 0.3) is 0 Å². The van der Waals surface area contributed by atoms with Crippen molar-refractivity contribution in [3.63, 3.8) is 0 Å². The van der Waals surface area contributed by atoms with Crippen LogP contribution < -0.4 is 20.7 Å². The van der Waals surface area contributed by atoms with E-state index in [0.717, 1.165) is 6.42 Å². The molecule has 0 saturated heterocycles. The van der Waals surface area contributed by atoms with Crippen LogP contribution in [-0.4, -0.2) is 44.1 Å². The highest BCUT2D eigenvalue weighted by atomic mass is 35.5. The van der Waals surface area contributed by atoms with E-state index >= 15 is 0 Å². The van der Waals surface area contributed by atoms with Gasteiger partial charge in [-0.15, -0.1) is 0 Å². The first-order valence-electron chi connectivity index (χ1n) is 8.04. The van der Waals surface area contributed by atoms with Crippen LogP contribution in [0.4, 0.5) is 0 Å². The maximum Gasteiger partial charge on any atom is 0.239 e. The van der Waals surface area contributed by atoms with Crippen molar-refractivity contribution >= 4 is 35.1 Å². The minimum atomic E-state index is -0.254. The summed E-state index contributed by atoms with van der Waals surface area (Å²) in [6, 6.07) is 5.12. The third kappa shape index (κ3) is 9.41. The van der Waals surface area contributed by atoms with Crippen molar-refractivity contribution in [1.29, 1.82) is 0 Å². The van der Waals surface area contributed by atoms with Crippen LogP contribution in [0.5, 0.6) is 5.75 Å². The number of benzene rings is 1. The number of amides is 1. The van der Waals surface area contributed by atoms with Gasteiger partial charge in [-0.1, -0.05) is 23.2 Å². The van der Waals surface area contributed by atoms with Crippen molar-refractivity contribution in [2.24, 2.45) is 4.99 Å². The van der Waals surface area contributed by atoms with Gasteiger partial charge in [-0.2, -0.15) is 0 Å². The molecule has 0 aliphatic rings. The first-order valence-corrected chi connectivity index (χ1v) is 8.80. The predicted octanol–water partition coefficient (Wildman–Crippen LogP) is 2.84. The van der Waals surface area contributed by atoms with E-state index in [1.54, 1.807) is 25.2 Å². The lowest BCUT2D eigenvalue weighted by molar-refractivity contribution is -0.121. The molecule has 0 aliphatic carbocycles. The van der Waals surface area contributed by atoms with Gasteiger partial charge in [-0.25, -0.2) is 0 Å². The predicted molar refractivity (Wildman–Crippen MR) is 104 cm³/mol. The van der Waals surface area contributed by atoms with Crippen LogP contribution in [0.2, 0.25) is 10.0 Å². The van der Waals surface area contributed by atoms with E-state index in [-0.39, 0.29) is 18.0 Å². The Morgan fingerprint density at radius 2 is 1.96 bits per heavy atom. The Labute approximate surface area is 159 Å². The highest BCUT2D eigenvalue weighted by molar-refractivity contribution is 6.35. The lowest BCUT2D eigenvalue weighted by Crippen LogP contribution is -2.48. The van der Waals surface area contributed by atoms with Crippen LogP contribution >= 0.6 is 23.2 Å². The minimum Gasteiger partial charge on any atom is -0.492 e. The summed E-state index contributed by atoms with van der Waals surface area (Å²) < 4.78 is 5.61. The van der Waals surface area contributed by atoms with Crippen LogP contribution in [0.1, 0.15) is 27.2 Å². The largest absolute Gasteiger partial charge is 0.492 e. The van der Waals surface area contributed by atoms with E-state index in [2.05, 4.69) is 20.9 Å². The van der Waals surface area contributed by atoms with E-state index in [4.69, 9.17) is 27.9 Å². The zero-order valence-electron chi connectivity index (χ0n) is 15.1. The fraction of sp³-hybridized carbons (Fsp3) is 0.529. The molecule has 0 aromatic heterocycles. The maximum atomic E-state index is 11.8. The van der Waals surface area contributed by atoms with Crippen molar-refractivity contribution in [2.75, 3.05) is 26.7 Å². The number of carbonyl (C=O) groups is 1. The van der Waals surface area contributed by atoms with Crippen LogP contribution in [0.3, 0.4) is 0 Å². The molecule has 3 N–H and O–H groups in total. The topological polar surface area (TPSA) is 74.8 Å². The molecule has 0 atom stereocenters. The van der Waals surface area contributed by atoms with Gasteiger partial charge in [0.05, 0.1) is 18.2 Å². The third-order valence-electron chi connectivity index (χ3n) is 2.92. The van der Waals surface area contributed by atoms with E-state index in [0.29, 0.717) is 34.9 Å². The Bertz CT molecular complexity index is 601. The zero-order valence-corrected chi connectivity index (χ0v) is 16.6. The number of aliphatic imine (C=N–C) groups is 1. The number of halogens is 2. The average Bonchev–Trinajstić information content (AvgIpc) is 2.50. The molecular weight excluding hydrogens is 363 g/mol. The summed E-state index contributed by atoms with van der Waals surface area (Å²) in [6.07, 6.45) is 0.744. The molecule has 1 amide bonds. The first kappa shape index (κ1) is 21.4. The van der Waals surface area contributed by atoms with E-state index in [1.165, 1.54) is 0 Å². The van der Waals surface area contributed by atoms with Gasteiger partial charge in [0.2, 0.25) is 5.91 Å². The van der Waals surface area contributed by atoms with Crippen molar-refractivity contribution in [3.8, 4) is 5.75 Å². The van der Waals surface area contributed by atoms with Gasteiger partial charge in [-0.3, -0.25) is 9.79 Å². The molecule has 0 spiro atoms. The van der Waals surface area contributed by atoms with Crippen LogP contribution in [0, 0.1) is 0 Å². The Balaban J connectivity index is 2.24. The lowest BCUT2D eigenvalue weighted by atomic mass is 10.1. The molecule has 0 radical (unpaired) electrons. The second kappa shape index (κ2) is 10.4. The summed E-state index contributed by atoms with van der Waals surface area (Å²) in [7, 11) is 1.65. The summed E-state index contributed by atoms with van der Waals surface area (Å²) in [4.78, 5) is 15.8. The molecule has 0 saturated carbocycles. The van der Waals surface area contributed by atoms with Crippen LogP contribution in [0.15, 0.2) is 23.2 Å². The Morgan fingerprint density at radius 1 is 1.24 bits per heavy atom. The van der Waals surface area contributed by atoms with Gasteiger partial charge in [0, 0.05) is 24.2 Å². The molecule has 1 rings (SSSR count). The molecule has 0 fully saturated rings. The van der Waals surface area contributed by atoms with Crippen molar-refractivity contribution in [2.45, 2.75) is 32.7 Å². The van der Waals surface area contributed by atoms with Crippen molar-refractivity contribution in [3.05, 3.63) is 28.2 Å². The van der Waals surface area contributed by atoms with Crippen molar-refractivity contribution < 1.29 is 9.53 Å². The van der Waals surface area contributed by atoms with Gasteiger partial charge in [0.25, 0.3) is 0 Å². The standard InChI is InChI=1S/C17H26Cl2N4O2/c1-17(2,3)23-15(24)11-22-16(20-4)21-8-5-9-25-14-7-6-12(18)10-13(14)19/h6-7,10H,5,8-9,11H2,1-4H3,(H,23,24)(H2,20,21,22). The quantitative estimate of drug-likeness (QED) is 0.381. The fourth-order valence-electron chi connectivity index (χ4n) is 1.90. The van der Waals surface area contributed by atoms with E-state index < -0.39 is 0 Å². The molecule has 0 unspecified atom stereocenters. The smallest absolute Gasteiger partial charge is 0.239 e. The van der Waals surface area contributed by atoms with Gasteiger partial charge >= 0.3 is 0 Å². The molecule has 1 aromatic carbocycles. The number of ether oxygens (including phenoxy) is 1. The number of nitrogens with zero attached hydrogens (tertiary/aromatic N) is 1. The number of rotatable bonds is 7. The Hall–Kier alpha value is -1.66. The second-order valence-corrected chi connectivity index (χ2v) is 7.27. The van der Waals surface area contributed by atoms with Gasteiger partial charge in [0.15, 0.2) is 5.96 Å². The molecule has 1 aromatic rings. The van der Waals surface area contributed by atoms with E-state index in [1.807, 2.05) is 20.8 Å². The lowest BCUT2D eigenvalue weighted by Gasteiger charge is -2.21. The molecule has 0 heterocycles. The Morgan fingerprint density at radius 3 is 2.56 bits per heavy atom. The van der Waals surface area contributed by atoms with Gasteiger partial charge < -0.3 is 20.7 Å². The summed E-state index contributed by atoms with van der Waals surface area (Å²) in [5.41, 5.74) is -0.254. The van der Waals surface area contributed by atoms with E-state index in [9.17, 15) is 4.79 Å². The second-order valence-electron chi connectivity index (χ2n) is 6.43. The fourth-order valence-corrected chi connectivity index (χ4v) is 2.36. The third-order valence-corrected chi connectivity index (χ3v) is 3.45. The maximum absolute atomic E-state index is 11.8. The average molecular weight is 389 g/mol. The molecule has 25 heavy (non-hydrogen) atoms. The molecule has 6 nitrogen and oxygen atoms in total. The molecule has 0 aliphatic heterocycles. The molecular formula is C17H26Cl2N4O2. The summed E-state index contributed by atoms with van der Waals surface area (Å²) in [5, 5.41) is 10.0. The Kier molecular flexibility index (Phi) is 8.86. The summed E-state index contributed by atoms with van der Waals surface area (Å²) in [6.45, 7) is 7.11. The monoisotopic (exact) mass is 388 g/mol. The number of hydrogen-bond donors (Lipinski definition) is 3. The normalized spacial score (nSPS) is 11.8. The molecule has 140 valence electrons.